The van der Waals surface area contributed by atoms with Crippen LogP contribution in [0.25, 0.3) is 0 Å². The molecule has 0 unspecified atom stereocenters. The molecule has 1 N–H and O–H groups in total. The maximum absolute atomic E-state index is 12.4. The molecule has 1 fully saturated rings. The van der Waals surface area contributed by atoms with Crippen LogP contribution >= 0.6 is 0 Å². The van der Waals surface area contributed by atoms with Gasteiger partial charge in [0.15, 0.2) is 0 Å². The highest BCUT2D eigenvalue weighted by Gasteiger charge is 2.37. The molecule has 0 spiro atoms. The number of nitrogens with zero attached hydrogens (tertiary/aromatic N) is 1. The molecule has 0 bridgehead atoms. The molecule has 1 amide bonds. The Labute approximate surface area is 119 Å². The molecular formula is C14H23NO5. The van der Waals surface area contributed by atoms with Crippen molar-refractivity contribution in [2.24, 2.45) is 11.8 Å². The Hall–Kier alpha value is -1.59. The average molecular weight is 285 g/mol. The number of hydrogen-bond donors (Lipinski definition) is 1. The molecule has 20 heavy (non-hydrogen) atoms. The standard InChI is InChI=1S/C14H23NO5/c1-3-15(9-12(16)20-4-2)13(17)10-7-5-6-8-11(10)14(18)19/h10-11H,3-9H2,1-2H3,(H,18,19)/t10-,11-/m1/s1. The van der Waals surface area contributed by atoms with Crippen molar-refractivity contribution in [3.63, 3.8) is 0 Å². The van der Waals surface area contributed by atoms with Crippen molar-refractivity contribution in [1.82, 2.24) is 4.90 Å². The maximum atomic E-state index is 12.4. The SMILES string of the molecule is CCOC(=O)CN(CC)C(=O)[C@@H]1CCCC[C@H]1C(=O)O. The van der Waals surface area contributed by atoms with Gasteiger partial charge in [-0.2, -0.15) is 0 Å². The zero-order valence-electron chi connectivity index (χ0n) is 12.1. The number of carboxylic acid groups (broad SMARTS) is 1. The summed E-state index contributed by atoms with van der Waals surface area (Å²) in [5, 5.41) is 9.22. The van der Waals surface area contributed by atoms with Gasteiger partial charge in [-0.15, -0.1) is 0 Å². The van der Waals surface area contributed by atoms with Crippen molar-refractivity contribution in [2.75, 3.05) is 19.7 Å². The highest BCUT2D eigenvalue weighted by Crippen LogP contribution is 2.31. The summed E-state index contributed by atoms with van der Waals surface area (Å²) >= 11 is 0. The molecule has 2 atom stereocenters. The lowest BCUT2D eigenvalue weighted by Crippen LogP contribution is -2.44. The summed E-state index contributed by atoms with van der Waals surface area (Å²) in [6, 6.07) is 0. The minimum Gasteiger partial charge on any atom is -0.481 e. The van der Waals surface area contributed by atoms with Crippen LogP contribution in [0.3, 0.4) is 0 Å². The van der Waals surface area contributed by atoms with Crippen LogP contribution in [0.5, 0.6) is 0 Å². The van der Waals surface area contributed by atoms with Crippen molar-refractivity contribution >= 4 is 17.8 Å². The van der Waals surface area contributed by atoms with Crippen LogP contribution in [0.1, 0.15) is 39.5 Å². The predicted molar refractivity (Wildman–Crippen MR) is 72.0 cm³/mol. The molecule has 1 aliphatic carbocycles. The molecule has 0 aromatic heterocycles. The summed E-state index contributed by atoms with van der Waals surface area (Å²) in [6.45, 7) is 4.02. The van der Waals surface area contributed by atoms with E-state index in [1.54, 1.807) is 13.8 Å². The molecule has 0 aliphatic heterocycles. The lowest BCUT2D eigenvalue weighted by Gasteiger charge is -2.31. The summed E-state index contributed by atoms with van der Waals surface area (Å²) in [5.41, 5.74) is 0. The van der Waals surface area contributed by atoms with Crippen molar-refractivity contribution in [1.29, 1.82) is 0 Å². The van der Waals surface area contributed by atoms with E-state index in [-0.39, 0.29) is 19.1 Å². The normalized spacial score (nSPS) is 22.1. The first kappa shape index (κ1) is 16.5. The molecule has 1 aliphatic rings. The Balaban J connectivity index is 2.72. The molecule has 6 heteroatoms. The maximum Gasteiger partial charge on any atom is 0.325 e. The number of carbonyl (C=O) groups is 3. The van der Waals surface area contributed by atoms with Crippen molar-refractivity contribution < 1.29 is 24.2 Å². The first-order chi connectivity index (χ1) is 9.51. The molecule has 0 radical (unpaired) electrons. The van der Waals surface area contributed by atoms with Gasteiger partial charge in [0.1, 0.15) is 6.54 Å². The number of ether oxygens (including phenoxy) is 1. The first-order valence-electron chi connectivity index (χ1n) is 7.18. The molecule has 0 heterocycles. The number of esters is 1. The Morgan fingerprint density at radius 3 is 2.25 bits per heavy atom. The number of likely N-dealkylation sites (N-methyl/N-ethyl adjacent to an activating group) is 1. The fraction of sp³-hybridized carbons (Fsp3) is 0.786. The Bertz CT molecular complexity index is 369. The van der Waals surface area contributed by atoms with Gasteiger partial charge in [-0.05, 0) is 26.7 Å². The summed E-state index contributed by atoms with van der Waals surface area (Å²) in [7, 11) is 0. The van der Waals surface area contributed by atoms with Gasteiger partial charge in [0.2, 0.25) is 5.91 Å². The Kier molecular flexibility index (Phi) is 6.48. The second kappa shape index (κ2) is 7.87. The number of rotatable bonds is 6. The molecule has 0 saturated heterocycles. The second-order valence-electron chi connectivity index (χ2n) is 4.99. The molecule has 1 saturated carbocycles. The van der Waals surface area contributed by atoms with E-state index in [1.165, 1.54) is 4.90 Å². The van der Waals surface area contributed by atoms with E-state index in [2.05, 4.69) is 0 Å². The first-order valence-corrected chi connectivity index (χ1v) is 7.18. The van der Waals surface area contributed by atoms with Gasteiger partial charge in [-0.3, -0.25) is 14.4 Å². The number of aliphatic carboxylic acids is 1. The lowest BCUT2D eigenvalue weighted by atomic mass is 9.78. The van der Waals surface area contributed by atoms with E-state index in [1.807, 2.05) is 0 Å². The van der Waals surface area contributed by atoms with Gasteiger partial charge in [0, 0.05) is 6.54 Å². The quantitative estimate of drug-likeness (QED) is 0.743. The van der Waals surface area contributed by atoms with Gasteiger partial charge in [0.25, 0.3) is 0 Å². The van der Waals surface area contributed by atoms with Crippen LogP contribution in [0.2, 0.25) is 0 Å². The fourth-order valence-electron chi connectivity index (χ4n) is 2.66. The highest BCUT2D eigenvalue weighted by atomic mass is 16.5. The molecule has 114 valence electrons. The molecule has 6 nitrogen and oxygen atoms in total. The van der Waals surface area contributed by atoms with Crippen LogP contribution in [0.4, 0.5) is 0 Å². The lowest BCUT2D eigenvalue weighted by molar-refractivity contribution is -0.155. The molecular weight excluding hydrogens is 262 g/mol. The van der Waals surface area contributed by atoms with Crippen molar-refractivity contribution in [3.05, 3.63) is 0 Å². The predicted octanol–water partition coefficient (Wildman–Crippen LogP) is 1.29. The Morgan fingerprint density at radius 2 is 1.75 bits per heavy atom. The highest BCUT2D eigenvalue weighted by molar-refractivity contribution is 5.87. The van der Waals surface area contributed by atoms with Gasteiger partial charge in [-0.1, -0.05) is 12.8 Å². The minimum absolute atomic E-state index is 0.105. The van der Waals surface area contributed by atoms with E-state index in [0.29, 0.717) is 19.4 Å². The topological polar surface area (TPSA) is 83.9 Å². The van der Waals surface area contributed by atoms with E-state index in [0.717, 1.165) is 12.8 Å². The number of amides is 1. The van der Waals surface area contributed by atoms with Gasteiger partial charge in [0.05, 0.1) is 18.4 Å². The van der Waals surface area contributed by atoms with Gasteiger partial charge in [-0.25, -0.2) is 0 Å². The largest absolute Gasteiger partial charge is 0.481 e. The second-order valence-corrected chi connectivity index (χ2v) is 4.99. The van der Waals surface area contributed by atoms with Gasteiger partial charge < -0.3 is 14.7 Å². The van der Waals surface area contributed by atoms with Crippen LogP contribution in [-0.2, 0) is 19.1 Å². The molecule has 0 aromatic rings. The van der Waals surface area contributed by atoms with E-state index >= 15 is 0 Å². The zero-order chi connectivity index (χ0) is 15.1. The van der Waals surface area contributed by atoms with Gasteiger partial charge >= 0.3 is 11.9 Å². The Morgan fingerprint density at radius 1 is 1.15 bits per heavy atom. The summed E-state index contributed by atoms with van der Waals surface area (Å²) in [5.74, 6) is -2.77. The smallest absolute Gasteiger partial charge is 0.325 e. The number of carboxylic acids is 1. The van der Waals surface area contributed by atoms with Crippen LogP contribution in [0.15, 0.2) is 0 Å². The summed E-state index contributed by atoms with van der Waals surface area (Å²) < 4.78 is 4.84. The number of hydrogen-bond acceptors (Lipinski definition) is 4. The van der Waals surface area contributed by atoms with E-state index in [9.17, 15) is 19.5 Å². The molecule has 0 aromatic carbocycles. The summed E-state index contributed by atoms with van der Waals surface area (Å²) in [4.78, 5) is 36.6. The van der Waals surface area contributed by atoms with Crippen molar-refractivity contribution in [3.8, 4) is 0 Å². The minimum atomic E-state index is -0.921. The zero-order valence-corrected chi connectivity index (χ0v) is 12.1. The monoisotopic (exact) mass is 285 g/mol. The average Bonchev–Trinajstić information content (AvgIpc) is 2.44. The van der Waals surface area contributed by atoms with E-state index in [4.69, 9.17) is 4.74 Å². The van der Waals surface area contributed by atoms with Crippen molar-refractivity contribution in [2.45, 2.75) is 39.5 Å². The number of carbonyl (C=O) groups excluding carboxylic acids is 2. The van der Waals surface area contributed by atoms with Crippen LogP contribution in [0, 0.1) is 11.8 Å². The summed E-state index contributed by atoms with van der Waals surface area (Å²) in [6.07, 6.45) is 2.81. The van der Waals surface area contributed by atoms with E-state index < -0.39 is 23.8 Å². The third-order valence-corrected chi connectivity index (χ3v) is 3.72. The van der Waals surface area contributed by atoms with Crippen LogP contribution in [-0.4, -0.2) is 47.5 Å². The third kappa shape index (κ3) is 4.21. The fourth-order valence-corrected chi connectivity index (χ4v) is 2.66. The van der Waals surface area contributed by atoms with Crippen LogP contribution < -0.4 is 0 Å². The third-order valence-electron chi connectivity index (χ3n) is 3.72. The molecule has 1 rings (SSSR count).